The summed E-state index contributed by atoms with van der Waals surface area (Å²) in [7, 11) is 0. The predicted molar refractivity (Wildman–Crippen MR) is 55.9 cm³/mol. The fourth-order valence-corrected chi connectivity index (χ4v) is 1.66. The van der Waals surface area contributed by atoms with Gasteiger partial charge >= 0.3 is 5.97 Å². The van der Waals surface area contributed by atoms with Crippen molar-refractivity contribution in [2.24, 2.45) is 0 Å². The molecule has 0 radical (unpaired) electrons. The smallest absolute Gasteiger partial charge is 0.303 e. The maximum Gasteiger partial charge on any atom is 0.303 e. The van der Waals surface area contributed by atoms with Crippen molar-refractivity contribution in [3.63, 3.8) is 0 Å². The van der Waals surface area contributed by atoms with Crippen LogP contribution in [-0.4, -0.2) is 20.5 Å². The number of hydrogen-bond acceptors (Lipinski definition) is 2. The third kappa shape index (κ3) is 1.83. The molecule has 0 aliphatic carbocycles. The van der Waals surface area contributed by atoms with Crippen molar-refractivity contribution in [3.05, 3.63) is 35.9 Å². The van der Waals surface area contributed by atoms with E-state index in [0.717, 1.165) is 17.0 Å². The molecule has 0 saturated heterocycles. The van der Waals surface area contributed by atoms with Gasteiger partial charge in [0.2, 0.25) is 0 Å². The predicted octanol–water partition coefficient (Wildman–Crippen LogP) is 1.66. The Labute approximate surface area is 87.2 Å². The first kappa shape index (κ1) is 9.71. The van der Waals surface area contributed by atoms with E-state index in [1.165, 1.54) is 0 Å². The number of carboxylic acid groups (broad SMARTS) is 1. The number of rotatable bonds is 3. The number of aromatic nitrogens is 2. The Morgan fingerprint density at radius 1 is 1.53 bits per heavy atom. The molecule has 2 rings (SSSR count). The molecule has 0 saturated carbocycles. The number of fused-ring (bicyclic) bond motifs is 1. The van der Waals surface area contributed by atoms with Gasteiger partial charge in [-0.3, -0.25) is 4.79 Å². The van der Waals surface area contributed by atoms with Gasteiger partial charge in [-0.05, 0) is 19.1 Å². The van der Waals surface area contributed by atoms with Crippen LogP contribution in [0.25, 0.3) is 5.52 Å². The largest absolute Gasteiger partial charge is 0.481 e. The standard InChI is InChI=1S/C11H12N2O2/c1-8-9-4-2-3-7-13(9)10(12-8)5-6-11(14)15/h2-4,7H,5-6H2,1H3,(H,14,15). The van der Waals surface area contributed by atoms with Gasteiger partial charge < -0.3 is 9.51 Å². The number of aryl methyl sites for hydroxylation is 2. The lowest BCUT2D eigenvalue weighted by Gasteiger charge is -1.98. The molecule has 4 heteroatoms. The second-order valence-corrected chi connectivity index (χ2v) is 3.46. The van der Waals surface area contributed by atoms with Crippen molar-refractivity contribution in [1.29, 1.82) is 0 Å². The molecule has 2 heterocycles. The molecule has 0 unspecified atom stereocenters. The Hall–Kier alpha value is -1.84. The molecule has 78 valence electrons. The monoisotopic (exact) mass is 204 g/mol. The second-order valence-electron chi connectivity index (χ2n) is 3.46. The third-order valence-corrected chi connectivity index (χ3v) is 2.37. The van der Waals surface area contributed by atoms with Crippen LogP contribution in [0.4, 0.5) is 0 Å². The lowest BCUT2D eigenvalue weighted by atomic mass is 10.3. The zero-order valence-electron chi connectivity index (χ0n) is 8.47. The molecule has 1 N–H and O–H groups in total. The van der Waals surface area contributed by atoms with Gasteiger partial charge in [-0.25, -0.2) is 4.98 Å². The zero-order valence-corrected chi connectivity index (χ0v) is 8.47. The Morgan fingerprint density at radius 2 is 2.33 bits per heavy atom. The van der Waals surface area contributed by atoms with Crippen LogP contribution in [0.2, 0.25) is 0 Å². The quantitative estimate of drug-likeness (QED) is 0.827. The third-order valence-electron chi connectivity index (χ3n) is 2.37. The van der Waals surface area contributed by atoms with Crippen LogP contribution in [0.1, 0.15) is 17.9 Å². The summed E-state index contributed by atoms with van der Waals surface area (Å²) in [6.07, 6.45) is 2.49. The van der Waals surface area contributed by atoms with Crippen LogP contribution in [0.5, 0.6) is 0 Å². The van der Waals surface area contributed by atoms with E-state index in [1.807, 2.05) is 35.7 Å². The van der Waals surface area contributed by atoms with E-state index in [4.69, 9.17) is 5.11 Å². The number of carbonyl (C=O) groups is 1. The van der Waals surface area contributed by atoms with Crippen LogP contribution in [0.15, 0.2) is 24.4 Å². The lowest BCUT2D eigenvalue weighted by Crippen LogP contribution is -2.01. The van der Waals surface area contributed by atoms with Crippen molar-refractivity contribution < 1.29 is 9.90 Å². The Kier molecular flexibility index (Phi) is 2.41. The summed E-state index contributed by atoms with van der Waals surface area (Å²) >= 11 is 0. The van der Waals surface area contributed by atoms with Crippen LogP contribution in [-0.2, 0) is 11.2 Å². The average molecular weight is 204 g/mol. The summed E-state index contributed by atoms with van der Waals surface area (Å²) in [5, 5.41) is 8.62. The maximum absolute atomic E-state index is 10.5. The molecule has 0 aromatic carbocycles. The van der Waals surface area contributed by atoms with Gasteiger partial charge in [0.15, 0.2) is 0 Å². The van der Waals surface area contributed by atoms with Crippen LogP contribution in [0.3, 0.4) is 0 Å². The minimum absolute atomic E-state index is 0.118. The fourth-order valence-electron chi connectivity index (χ4n) is 1.66. The Bertz CT molecular complexity index is 502. The van der Waals surface area contributed by atoms with Crippen molar-refractivity contribution in [3.8, 4) is 0 Å². The van der Waals surface area contributed by atoms with Crippen molar-refractivity contribution in [1.82, 2.24) is 9.38 Å². The molecular weight excluding hydrogens is 192 g/mol. The number of imidazole rings is 1. The van der Waals surface area contributed by atoms with Gasteiger partial charge in [-0.2, -0.15) is 0 Å². The fraction of sp³-hybridized carbons (Fsp3) is 0.273. The van der Waals surface area contributed by atoms with Gasteiger partial charge in [-0.15, -0.1) is 0 Å². The molecule has 0 aliphatic heterocycles. The molecule has 4 nitrogen and oxygen atoms in total. The topological polar surface area (TPSA) is 54.6 Å². The number of carboxylic acids is 1. The zero-order chi connectivity index (χ0) is 10.8. The molecule has 0 amide bonds. The van der Waals surface area contributed by atoms with Crippen molar-refractivity contribution in [2.45, 2.75) is 19.8 Å². The van der Waals surface area contributed by atoms with Crippen LogP contribution >= 0.6 is 0 Å². The highest BCUT2D eigenvalue weighted by atomic mass is 16.4. The molecule has 0 spiro atoms. The van der Waals surface area contributed by atoms with Gasteiger partial charge in [0, 0.05) is 12.6 Å². The molecular formula is C11H12N2O2. The van der Waals surface area contributed by atoms with E-state index in [0.29, 0.717) is 6.42 Å². The second kappa shape index (κ2) is 3.73. The van der Waals surface area contributed by atoms with Crippen LogP contribution < -0.4 is 0 Å². The molecule has 0 atom stereocenters. The van der Waals surface area contributed by atoms with Crippen molar-refractivity contribution >= 4 is 11.5 Å². The lowest BCUT2D eigenvalue weighted by molar-refractivity contribution is -0.137. The van der Waals surface area contributed by atoms with Gasteiger partial charge in [-0.1, -0.05) is 6.07 Å². The number of hydrogen-bond donors (Lipinski definition) is 1. The van der Waals surface area contributed by atoms with E-state index in [2.05, 4.69) is 4.98 Å². The maximum atomic E-state index is 10.5. The molecule has 0 bridgehead atoms. The van der Waals surface area contributed by atoms with E-state index < -0.39 is 5.97 Å². The SMILES string of the molecule is Cc1nc(CCC(=O)O)n2ccccc12. The number of nitrogens with zero attached hydrogens (tertiary/aromatic N) is 2. The first-order valence-electron chi connectivity index (χ1n) is 4.83. The van der Waals surface area contributed by atoms with E-state index in [1.54, 1.807) is 0 Å². The average Bonchev–Trinajstić information content (AvgIpc) is 2.54. The first-order chi connectivity index (χ1) is 7.18. The minimum Gasteiger partial charge on any atom is -0.481 e. The molecule has 0 aliphatic rings. The van der Waals surface area contributed by atoms with Crippen LogP contribution in [0, 0.1) is 6.92 Å². The summed E-state index contributed by atoms with van der Waals surface area (Å²) in [5.41, 5.74) is 1.98. The number of aliphatic carboxylic acids is 1. The van der Waals surface area contributed by atoms with E-state index in [9.17, 15) is 4.79 Å². The van der Waals surface area contributed by atoms with Crippen molar-refractivity contribution in [2.75, 3.05) is 0 Å². The van der Waals surface area contributed by atoms with E-state index >= 15 is 0 Å². The summed E-state index contributed by atoms with van der Waals surface area (Å²) in [5.74, 6) is 0.0193. The minimum atomic E-state index is -0.791. The number of pyridine rings is 1. The Morgan fingerprint density at radius 3 is 3.07 bits per heavy atom. The summed E-state index contributed by atoms with van der Waals surface area (Å²) < 4.78 is 1.94. The van der Waals surface area contributed by atoms with Gasteiger partial charge in [0.25, 0.3) is 0 Å². The summed E-state index contributed by atoms with van der Waals surface area (Å²) in [4.78, 5) is 14.8. The molecule has 0 fully saturated rings. The summed E-state index contributed by atoms with van der Waals surface area (Å²) in [6, 6.07) is 5.84. The summed E-state index contributed by atoms with van der Waals surface area (Å²) in [6.45, 7) is 1.93. The highest BCUT2D eigenvalue weighted by molar-refractivity contribution is 5.67. The van der Waals surface area contributed by atoms with E-state index in [-0.39, 0.29) is 6.42 Å². The normalized spacial score (nSPS) is 10.7. The highest BCUT2D eigenvalue weighted by Crippen LogP contribution is 2.12. The van der Waals surface area contributed by atoms with Gasteiger partial charge in [0.1, 0.15) is 5.82 Å². The Balaban J connectivity index is 2.39. The molecule has 2 aromatic rings. The molecule has 15 heavy (non-hydrogen) atoms. The highest BCUT2D eigenvalue weighted by Gasteiger charge is 2.08. The van der Waals surface area contributed by atoms with Gasteiger partial charge in [0.05, 0.1) is 17.6 Å². The first-order valence-corrected chi connectivity index (χ1v) is 4.83. The molecule has 2 aromatic heterocycles.